The van der Waals surface area contributed by atoms with Crippen LogP contribution in [0.5, 0.6) is 23.0 Å². The highest BCUT2D eigenvalue weighted by atomic mass is 16.6. The molecule has 3 aliphatic rings. The topological polar surface area (TPSA) is 97.4 Å². The number of hydrogen-bond donors (Lipinski definition) is 0. The van der Waals surface area contributed by atoms with Crippen molar-refractivity contribution in [2.75, 3.05) is 20.3 Å². The van der Waals surface area contributed by atoms with E-state index in [0.29, 0.717) is 85.0 Å². The van der Waals surface area contributed by atoms with Gasteiger partial charge < -0.3 is 23.7 Å². The summed E-state index contributed by atoms with van der Waals surface area (Å²) in [5.41, 5.74) is 2.28. The van der Waals surface area contributed by atoms with Crippen LogP contribution in [0.3, 0.4) is 0 Å². The molecule has 0 aromatic heterocycles. The van der Waals surface area contributed by atoms with Gasteiger partial charge in [-0.05, 0) is 61.9 Å². The van der Waals surface area contributed by atoms with Crippen molar-refractivity contribution in [2.24, 2.45) is 0 Å². The smallest absolute Gasteiger partial charge is 0.342 e. The lowest BCUT2D eigenvalue weighted by molar-refractivity contribution is -0.135. The third-order valence-corrected chi connectivity index (χ3v) is 7.13. The summed E-state index contributed by atoms with van der Waals surface area (Å²) in [7, 11) is 1.50. The standard InChI is InChI=1S/C30H32O8/c1-18-7-6-10-21(31)9-5-3-4-8-20-16-25-28(29(34-2)27(20)30(33)37-18)22(17-26(32)38-25)19-11-12-23-24(15-19)36-14-13-35-23/h4,8,11-12,15-16,18,22H,3,5-7,9-10,13-14,17H2,1-2H3/t18-,22+/m0/s1. The molecule has 2 atom stereocenters. The maximum Gasteiger partial charge on any atom is 0.342 e. The van der Waals surface area contributed by atoms with E-state index < -0.39 is 11.9 Å². The van der Waals surface area contributed by atoms with Crippen LogP contribution < -0.4 is 18.9 Å². The molecule has 8 nitrogen and oxygen atoms in total. The van der Waals surface area contributed by atoms with Gasteiger partial charge in [0.05, 0.1) is 19.6 Å². The van der Waals surface area contributed by atoms with Crippen molar-refractivity contribution in [3.05, 3.63) is 52.6 Å². The number of esters is 2. The van der Waals surface area contributed by atoms with Crippen LogP contribution in [0.25, 0.3) is 6.08 Å². The number of methoxy groups -OCH3 is 1. The summed E-state index contributed by atoms with van der Waals surface area (Å²) in [6, 6.07) is 7.30. The minimum atomic E-state index is -0.516. The van der Waals surface area contributed by atoms with Gasteiger partial charge in [0, 0.05) is 24.3 Å². The average Bonchev–Trinajstić information content (AvgIpc) is 2.90. The molecule has 3 heterocycles. The third-order valence-electron chi connectivity index (χ3n) is 7.13. The number of hydrogen-bond acceptors (Lipinski definition) is 8. The minimum absolute atomic E-state index is 0.0805. The van der Waals surface area contributed by atoms with Crippen LogP contribution in [0.4, 0.5) is 0 Å². The molecule has 2 aromatic rings. The first-order chi connectivity index (χ1) is 18.4. The molecule has 0 fully saturated rings. The number of ketones is 1. The number of cyclic esters (lactones) is 1. The fraction of sp³-hybridized carbons (Fsp3) is 0.433. The third kappa shape index (κ3) is 5.39. The fourth-order valence-corrected chi connectivity index (χ4v) is 5.27. The van der Waals surface area contributed by atoms with Gasteiger partial charge in [0.25, 0.3) is 0 Å². The van der Waals surface area contributed by atoms with Crippen molar-refractivity contribution in [3.63, 3.8) is 0 Å². The molecule has 200 valence electrons. The summed E-state index contributed by atoms with van der Waals surface area (Å²) in [4.78, 5) is 38.4. The number of rotatable bonds is 2. The van der Waals surface area contributed by atoms with E-state index in [-0.39, 0.29) is 24.3 Å². The predicted octanol–water partition coefficient (Wildman–Crippen LogP) is 5.39. The van der Waals surface area contributed by atoms with Gasteiger partial charge in [0.1, 0.15) is 36.1 Å². The van der Waals surface area contributed by atoms with Gasteiger partial charge in [-0.1, -0.05) is 18.2 Å². The van der Waals surface area contributed by atoms with Crippen LogP contribution >= 0.6 is 0 Å². The van der Waals surface area contributed by atoms with Crippen LogP contribution in [-0.4, -0.2) is 44.1 Å². The van der Waals surface area contributed by atoms with E-state index >= 15 is 0 Å². The number of benzene rings is 2. The van der Waals surface area contributed by atoms with Gasteiger partial charge >= 0.3 is 11.9 Å². The molecule has 0 aliphatic carbocycles. The highest BCUT2D eigenvalue weighted by Crippen LogP contribution is 2.48. The second kappa shape index (κ2) is 11.3. The molecular weight excluding hydrogens is 488 g/mol. The van der Waals surface area contributed by atoms with Gasteiger partial charge in [-0.3, -0.25) is 9.59 Å². The lowest BCUT2D eigenvalue weighted by Crippen LogP contribution is -2.24. The Kier molecular flexibility index (Phi) is 7.67. The molecule has 2 aromatic carbocycles. The van der Waals surface area contributed by atoms with E-state index in [0.717, 1.165) is 12.0 Å². The quantitative estimate of drug-likeness (QED) is 0.384. The Hall–Kier alpha value is -3.81. The van der Waals surface area contributed by atoms with Crippen LogP contribution in [0.15, 0.2) is 30.3 Å². The Balaban J connectivity index is 1.62. The maximum atomic E-state index is 13.6. The summed E-state index contributed by atoms with van der Waals surface area (Å²) >= 11 is 0. The monoisotopic (exact) mass is 520 g/mol. The van der Waals surface area contributed by atoms with Gasteiger partial charge in [-0.15, -0.1) is 0 Å². The first-order valence-corrected chi connectivity index (χ1v) is 13.2. The van der Waals surface area contributed by atoms with Crippen molar-refractivity contribution in [3.8, 4) is 23.0 Å². The van der Waals surface area contributed by atoms with E-state index in [4.69, 9.17) is 23.7 Å². The maximum absolute atomic E-state index is 13.6. The molecule has 0 radical (unpaired) electrons. The number of carbonyl (C=O) groups is 3. The molecule has 8 heteroatoms. The number of fused-ring (bicyclic) bond motifs is 3. The van der Waals surface area contributed by atoms with Gasteiger partial charge in [0.2, 0.25) is 0 Å². The molecule has 0 N–H and O–H groups in total. The molecule has 0 saturated carbocycles. The molecule has 0 saturated heterocycles. The van der Waals surface area contributed by atoms with Gasteiger partial charge in [-0.2, -0.15) is 0 Å². The van der Waals surface area contributed by atoms with Crippen LogP contribution in [0.1, 0.15) is 84.8 Å². The zero-order valence-corrected chi connectivity index (χ0v) is 21.7. The van der Waals surface area contributed by atoms with Crippen molar-refractivity contribution < 1.29 is 38.1 Å². The van der Waals surface area contributed by atoms with Crippen LogP contribution in [0, 0.1) is 0 Å². The zero-order valence-electron chi connectivity index (χ0n) is 21.7. The molecule has 38 heavy (non-hydrogen) atoms. The Morgan fingerprint density at radius 3 is 2.55 bits per heavy atom. The molecule has 0 unspecified atom stereocenters. The summed E-state index contributed by atoms with van der Waals surface area (Å²) in [5.74, 6) is 0.850. The summed E-state index contributed by atoms with van der Waals surface area (Å²) in [6.45, 7) is 2.75. The van der Waals surface area contributed by atoms with E-state index in [9.17, 15) is 14.4 Å². The molecule has 0 spiro atoms. The Morgan fingerprint density at radius 2 is 1.74 bits per heavy atom. The number of ether oxygens (including phenoxy) is 5. The molecule has 5 rings (SSSR count). The van der Waals surface area contributed by atoms with Crippen LogP contribution in [0.2, 0.25) is 0 Å². The second-order valence-corrected chi connectivity index (χ2v) is 9.86. The number of carbonyl (C=O) groups excluding carboxylic acids is 3. The minimum Gasteiger partial charge on any atom is -0.495 e. The fourth-order valence-electron chi connectivity index (χ4n) is 5.27. The van der Waals surface area contributed by atoms with Gasteiger partial charge in [-0.25, -0.2) is 4.79 Å². The van der Waals surface area contributed by atoms with Crippen molar-refractivity contribution in [1.29, 1.82) is 0 Å². The molecule has 0 bridgehead atoms. The summed E-state index contributed by atoms with van der Waals surface area (Å²) < 4.78 is 28.8. The van der Waals surface area contributed by atoms with Gasteiger partial charge in [0.15, 0.2) is 11.5 Å². The predicted molar refractivity (Wildman–Crippen MR) is 139 cm³/mol. The van der Waals surface area contributed by atoms with E-state index in [2.05, 4.69) is 0 Å². The number of Topliss-reactive ketones (excluding diaryl/α,β-unsaturated/α-hetero) is 1. The average molecular weight is 521 g/mol. The zero-order chi connectivity index (χ0) is 26.6. The highest BCUT2D eigenvalue weighted by molar-refractivity contribution is 5.99. The largest absolute Gasteiger partial charge is 0.495 e. The highest BCUT2D eigenvalue weighted by Gasteiger charge is 2.36. The second-order valence-electron chi connectivity index (χ2n) is 9.86. The van der Waals surface area contributed by atoms with Crippen molar-refractivity contribution >= 4 is 23.8 Å². The first kappa shape index (κ1) is 25.8. The Morgan fingerprint density at radius 1 is 0.947 bits per heavy atom. The van der Waals surface area contributed by atoms with E-state index in [1.807, 2.05) is 37.3 Å². The van der Waals surface area contributed by atoms with Crippen LogP contribution in [-0.2, 0) is 14.3 Å². The Labute approximate surface area is 221 Å². The van der Waals surface area contributed by atoms with Crippen molar-refractivity contribution in [1.82, 2.24) is 0 Å². The SMILES string of the molecule is COc1c2c(cc3c1[C@@H](c1ccc4c(c1)OCCO4)CC(=O)O3)C=CCCCC(=O)CCC[C@H](C)OC2=O. The Bertz CT molecular complexity index is 1280. The number of allylic oxidation sites excluding steroid dienone is 1. The first-order valence-electron chi connectivity index (χ1n) is 13.2. The molecule has 0 amide bonds. The lowest BCUT2D eigenvalue weighted by atomic mass is 9.83. The van der Waals surface area contributed by atoms with E-state index in [1.165, 1.54) is 7.11 Å². The summed E-state index contributed by atoms with van der Waals surface area (Å²) in [6.07, 6.45) is 7.11. The molecular formula is C30H32O8. The van der Waals surface area contributed by atoms with E-state index in [1.54, 1.807) is 6.07 Å². The normalized spacial score (nSPS) is 21.9. The lowest BCUT2D eigenvalue weighted by Gasteiger charge is -2.29. The summed E-state index contributed by atoms with van der Waals surface area (Å²) in [5, 5.41) is 0. The molecule has 3 aliphatic heterocycles. The van der Waals surface area contributed by atoms with Crippen molar-refractivity contribution in [2.45, 2.75) is 63.9 Å².